The maximum absolute atomic E-state index is 10.7. The molecule has 0 saturated carbocycles. The molecular formula is C9H12BrNO2S. The summed E-state index contributed by atoms with van der Waals surface area (Å²) >= 11 is 4.91. The Balaban J connectivity index is 2.43. The zero-order valence-electron chi connectivity index (χ0n) is 7.79. The van der Waals surface area contributed by atoms with Crippen LogP contribution in [0.3, 0.4) is 0 Å². The topological polar surface area (TPSA) is 49.3 Å². The molecule has 0 saturated heterocycles. The number of thiophene rings is 1. The molecule has 1 unspecified atom stereocenters. The van der Waals surface area contributed by atoms with Crippen LogP contribution in [-0.4, -0.2) is 17.6 Å². The second-order valence-corrected chi connectivity index (χ2v) is 5.39. The predicted octanol–water partition coefficient (Wildman–Crippen LogP) is 3.03. The minimum absolute atomic E-state index is 0.309. The number of hydrogen-bond donors (Lipinski definition) is 2. The molecule has 0 spiro atoms. The molecule has 0 aliphatic heterocycles. The second kappa shape index (κ2) is 5.36. The number of aliphatic carboxylic acids is 1. The van der Waals surface area contributed by atoms with Crippen molar-refractivity contribution in [3.8, 4) is 0 Å². The van der Waals surface area contributed by atoms with E-state index in [1.165, 1.54) is 0 Å². The largest absolute Gasteiger partial charge is 0.481 e. The van der Waals surface area contributed by atoms with Crippen LogP contribution in [0.1, 0.15) is 13.3 Å². The molecule has 1 aromatic rings. The van der Waals surface area contributed by atoms with Gasteiger partial charge in [0, 0.05) is 6.54 Å². The molecular weight excluding hydrogens is 266 g/mol. The third kappa shape index (κ3) is 3.31. The Hall–Kier alpha value is -0.550. The monoisotopic (exact) mass is 277 g/mol. The fourth-order valence-corrected chi connectivity index (χ4v) is 2.33. The summed E-state index contributed by atoms with van der Waals surface area (Å²) in [5.74, 6) is -1.05. The number of carboxylic acid groups (broad SMARTS) is 1. The van der Waals surface area contributed by atoms with Crippen molar-refractivity contribution in [1.29, 1.82) is 0 Å². The van der Waals surface area contributed by atoms with Crippen LogP contribution in [0.4, 0.5) is 5.00 Å². The average Bonchev–Trinajstić information content (AvgIpc) is 2.52. The number of anilines is 1. The maximum Gasteiger partial charge on any atom is 0.308 e. The van der Waals surface area contributed by atoms with Crippen LogP contribution in [-0.2, 0) is 4.79 Å². The third-order valence-electron chi connectivity index (χ3n) is 1.94. The molecule has 0 bridgehead atoms. The fraction of sp³-hybridized carbons (Fsp3) is 0.444. The average molecular weight is 278 g/mol. The van der Waals surface area contributed by atoms with Crippen LogP contribution in [0.5, 0.6) is 0 Å². The lowest BCUT2D eigenvalue weighted by Gasteiger charge is -2.10. The summed E-state index contributed by atoms with van der Waals surface area (Å²) in [7, 11) is 0. The molecule has 0 aliphatic rings. The Bertz CT molecular complexity index is 314. The molecule has 78 valence electrons. The van der Waals surface area contributed by atoms with Crippen LogP contribution in [0.2, 0.25) is 0 Å². The summed E-state index contributed by atoms with van der Waals surface area (Å²) in [5.41, 5.74) is 0. The Morgan fingerprint density at radius 1 is 1.71 bits per heavy atom. The van der Waals surface area contributed by atoms with Gasteiger partial charge in [0.05, 0.1) is 14.7 Å². The molecule has 1 heterocycles. The molecule has 0 aliphatic carbocycles. The highest BCUT2D eigenvalue weighted by molar-refractivity contribution is 9.11. The SMILES string of the molecule is CCC(CNc1ccc(Br)s1)C(=O)O. The summed E-state index contributed by atoms with van der Waals surface area (Å²) in [6, 6.07) is 3.87. The van der Waals surface area contributed by atoms with Crippen molar-refractivity contribution in [2.75, 3.05) is 11.9 Å². The van der Waals surface area contributed by atoms with Gasteiger partial charge in [-0.2, -0.15) is 0 Å². The van der Waals surface area contributed by atoms with Crippen LogP contribution in [0, 0.1) is 5.92 Å². The molecule has 14 heavy (non-hydrogen) atoms. The maximum atomic E-state index is 10.7. The van der Waals surface area contributed by atoms with E-state index < -0.39 is 5.97 Å². The minimum Gasteiger partial charge on any atom is -0.481 e. The Kier molecular flexibility index (Phi) is 4.41. The van der Waals surface area contributed by atoms with Gasteiger partial charge in [-0.15, -0.1) is 11.3 Å². The van der Waals surface area contributed by atoms with Crippen molar-refractivity contribution in [1.82, 2.24) is 0 Å². The van der Waals surface area contributed by atoms with E-state index in [0.29, 0.717) is 13.0 Å². The molecule has 0 radical (unpaired) electrons. The van der Waals surface area contributed by atoms with E-state index in [4.69, 9.17) is 5.11 Å². The van der Waals surface area contributed by atoms with Gasteiger partial charge in [-0.05, 0) is 34.5 Å². The van der Waals surface area contributed by atoms with E-state index in [9.17, 15) is 4.79 Å². The van der Waals surface area contributed by atoms with Gasteiger partial charge in [-0.1, -0.05) is 6.92 Å². The molecule has 1 atom stereocenters. The Labute approximate surface area is 95.3 Å². The third-order valence-corrected chi connectivity index (χ3v) is 3.52. The van der Waals surface area contributed by atoms with E-state index in [-0.39, 0.29) is 5.92 Å². The molecule has 0 amide bonds. The van der Waals surface area contributed by atoms with Crippen molar-refractivity contribution in [3.63, 3.8) is 0 Å². The normalized spacial score (nSPS) is 12.4. The Morgan fingerprint density at radius 3 is 2.86 bits per heavy atom. The zero-order chi connectivity index (χ0) is 10.6. The van der Waals surface area contributed by atoms with Crippen LogP contribution in [0.25, 0.3) is 0 Å². The number of rotatable bonds is 5. The fourth-order valence-electron chi connectivity index (χ4n) is 1.04. The highest BCUT2D eigenvalue weighted by Crippen LogP contribution is 2.26. The first-order valence-electron chi connectivity index (χ1n) is 4.35. The van der Waals surface area contributed by atoms with E-state index in [0.717, 1.165) is 8.79 Å². The Morgan fingerprint density at radius 2 is 2.43 bits per heavy atom. The zero-order valence-corrected chi connectivity index (χ0v) is 10.2. The molecule has 1 rings (SSSR count). The smallest absolute Gasteiger partial charge is 0.308 e. The molecule has 1 aromatic heterocycles. The number of carbonyl (C=O) groups is 1. The van der Waals surface area contributed by atoms with Gasteiger partial charge in [0.2, 0.25) is 0 Å². The lowest BCUT2D eigenvalue weighted by Crippen LogP contribution is -2.21. The second-order valence-electron chi connectivity index (χ2n) is 2.93. The van der Waals surface area contributed by atoms with Crippen LogP contribution >= 0.6 is 27.3 Å². The van der Waals surface area contributed by atoms with Crippen molar-refractivity contribution >= 4 is 38.2 Å². The lowest BCUT2D eigenvalue weighted by atomic mass is 10.1. The number of halogens is 1. The summed E-state index contributed by atoms with van der Waals surface area (Å²) in [6.07, 6.45) is 0.648. The first-order chi connectivity index (χ1) is 6.63. The van der Waals surface area contributed by atoms with Gasteiger partial charge in [-0.25, -0.2) is 0 Å². The van der Waals surface area contributed by atoms with E-state index in [1.807, 2.05) is 19.1 Å². The molecule has 0 fully saturated rings. The predicted molar refractivity (Wildman–Crippen MR) is 61.9 cm³/mol. The van der Waals surface area contributed by atoms with Gasteiger partial charge in [0.25, 0.3) is 0 Å². The van der Waals surface area contributed by atoms with Gasteiger partial charge in [0.1, 0.15) is 0 Å². The van der Waals surface area contributed by atoms with Gasteiger partial charge in [-0.3, -0.25) is 4.79 Å². The summed E-state index contributed by atoms with van der Waals surface area (Å²) in [5, 5.41) is 12.9. The number of hydrogen-bond acceptors (Lipinski definition) is 3. The molecule has 0 aromatic carbocycles. The van der Waals surface area contributed by atoms with Crippen LogP contribution in [0.15, 0.2) is 15.9 Å². The van der Waals surface area contributed by atoms with Crippen molar-refractivity contribution in [2.45, 2.75) is 13.3 Å². The standard InChI is InChI=1S/C9H12BrNO2S/c1-2-6(9(12)13)5-11-8-4-3-7(10)14-8/h3-4,6,11H,2,5H2,1H3,(H,12,13). The molecule has 3 nitrogen and oxygen atoms in total. The van der Waals surface area contributed by atoms with E-state index >= 15 is 0 Å². The van der Waals surface area contributed by atoms with Crippen LogP contribution < -0.4 is 5.32 Å². The van der Waals surface area contributed by atoms with Gasteiger partial charge in [0.15, 0.2) is 0 Å². The summed E-state index contributed by atoms with van der Waals surface area (Å²) < 4.78 is 1.04. The van der Waals surface area contributed by atoms with Gasteiger partial charge < -0.3 is 10.4 Å². The molecule has 2 N–H and O–H groups in total. The number of carboxylic acids is 1. The van der Waals surface area contributed by atoms with E-state index in [2.05, 4.69) is 21.2 Å². The summed E-state index contributed by atoms with van der Waals surface area (Å²) in [6.45, 7) is 2.36. The number of nitrogens with one attached hydrogen (secondary N) is 1. The highest BCUT2D eigenvalue weighted by Gasteiger charge is 2.14. The van der Waals surface area contributed by atoms with Crippen molar-refractivity contribution < 1.29 is 9.90 Å². The summed E-state index contributed by atoms with van der Waals surface area (Å²) in [4.78, 5) is 10.7. The van der Waals surface area contributed by atoms with Crippen molar-refractivity contribution in [3.05, 3.63) is 15.9 Å². The van der Waals surface area contributed by atoms with E-state index in [1.54, 1.807) is 11.3 Å². The first kappa shape index (κ1) is 11.5. The highest BCUT2D eigenvalue weighted by atomic mass is 79.9. The van der Waals surface area contributed by atoms with Crippen molar-refractivity contribution in [2.24, 2.45) is 5.92 Å². The first-order valence-corrected chi connectivity index (χ1v) is 5.96. The lowest BCUT2D eigenvalue weighted by molar-refractivity contribution is -0.141. The quantitative estimate of drug-likeness (QED) is 0.870. The molecule has 5 heteroatoms. The minimum atomic E-state index is -0.740. The van der Waals surface area contributed by atoms with Gasteiger partial charge >= 0.3 is 5.97 Å².